The van der Waals surface area contributed by atoms with Gasteiger partial charge in [-0.05, 0) is 60.9 Å². The number of nitrogens with one attached hydrogen (secondary N) is 1. The Morgan fingerprint density at radius 3 is 2.33 bits per heavy atom. The van der Waals surface area contributed by atoms with Crippen LogP contribution in [-0.4, -0.2) is 38.9 Å². The minimum atomic E-state index is -0.299. The second-order valence-corrected chi connectivity index (χ2v) is 9.32. The van der Waals surface area contributed by atoms with Crippen LogP contribution in [0.15, 0.2) is 66.7 Å². The Labute approximate surface area is 208 Å². The Balaban J connectivity index is 1.08. The standard InChI is InChI=1S/C29H26N4O3/c34-26(30-18-24-21-12-6-15-25(21)33(31-24)20-10-2-1-3-11-20)16-7-17-32-28(35)22-13-4-8-19-9-5-14-23(27(19)22)29(32)36/h1-5,8-11,13-14H,6-7,12,15-18H2,(H,30,34). The fourth-order valence-corrected chi connectivity index (χ4v) is 5.39. The summed E-state index contributed by atoms with van der Waals surface area (Å²) in [4.78, 5) is 39.9. The topological polar surface area (TPSA) is 84.3 Å². The van der Waals surface area contributed by atoms with Gasteiger partial charge in [0, 0.05) is 35.2 Å². The van der Waals surface area contributed by atoms with Crippen molar-refractivity contribution in [2.75, 3.05) is 6.54 Å². The van der Waals surface area contributed by atoms with Gasteiger partial charge in [0.1, 0.15) is 0 Å². The number of nitrogens with zero attached hydrogens (tertiary/aromatic N) is 3. The van der Waals surface area contributed by atoms with Crippen molar-refractivity contribution in [1.29, 1.82) is 0 Å². The third-order valence-corrected chi connectivity index (χ3v) is 7.11. The molecule has 1 aliphatic heterocycles. The molecule has 0 bridgehead atoms. The summed E-state index contributed by atoms with van der Waals surface area (Å²) in [5.41, 5.74) is 5.47. The molecular weight excluding hydrogens is 452 g/mol. The highest BCUT2D eigenvalue weighted by molar-refractivity contribution is 6.25. The zero-order chi connectivity index (χ0) is 24.6. The van der Waals surface area contributed by atoms with E-state index in [1.807, 2.05) is 59.3 Å². The molecule has 0 fully saturated rings. The maximum Gasteiger partial charge on any atom is 0.261 e. The van der Waals surface area contributed by atoms with Crippen LogP contribution in [0.25, 0.3) is 16.5 Å². The van der Waals surface area contributed by atoms with E-state index in [0.717, 1.165) is 36.0 Å². The zero-order valence-corrected chi connectivity index (χ0v) is 19.9. The molecule has 3 amide bonds. The van der Waals surface area contributed by atoms with E-state index in [1.165, 1.54) is 16.2 Å². The monoisotopic (exact) mass is 478 g/mol. The molecule has 36 heavy (non-hydrogen) atoms. The van der Waals surface area contributed by atoms with E-state index in [-0.39, 0.29) is 30.7 Å². The average molecular weight is 479 g/mol. The van der Waals surface area contributed by atoms with Gasteiger partial charge in [-0.15, -0.1) is 0 Å². The SMILES string of the molecule is O=C(CCCN1C(=O)c2cccc3cccc(c23)C1=O)NCc1nn(-c2ccccc2)c2c1CCC2. The lowest BCUT2D eigenvalue weighted by atomic mass is 9.94. The first-order valence-electron chi connectivity index (χ1n) is 12.4. The van der Waals surface area contributed by atoms with Gasteiger partial charge >= 0.3 is 0 Å². The molecule has 0 unspecified atom stereocenters. The quantitative estimate of drug-likeness (QED) is 0.404. The zero-order valence-electron chi connectivity index (χ0n) is 19.9. The first-order valence-corrected chi connectivity index (χ1v) is 12.4. The number of hydrogen-bond acceptors (Lipinski definition) is 4. The molecule has 7 heteroatoms. The van der Waals surface area contributed by atoms with Crippen molar-refractivity contribution in [1.82, 2.24) is 20.0 Å². The van der Waals surface area contributed by atoms with Crippen LogP contribution in [0.4, 0.5) is 0 Å². The van der Waals surface area contributed by atoms with Crippen molar-refractivity contribution in [2.45, 2.75) is 38.6 Å². The van der Waals surface area contributed by atoms with Crippen molar-refractivity contribution in [3.63, 3.8) is 0 Å². The Morgan fingerprint density at radius 1 is 0.889 bits per heavy atom. The highest BCUT2D eigenvalue weighted by atomic mass is 16.2. The van der Waals surface area contributed by atoms with Gasteiger partial charge in [-0.2, -0.15) is 5.10 Å². The van der Waals surface area contributed by atoms with E-state index in [9.17, 15) is 14.4 Å². The fourth-order valence-electron chi connectivity index (χ4n) is 5.39. The number of amides is 3. The lowest BCUT2D eigenvalue weighted by Gasteiger charge is -2.27. The minimum Gasteiger partial charge on any atom is -0.350 e. The molecular formula is C29H26N4O3. The third-order valence-electron chi connectivity index (χ3n) is 7.11. The molecule has 180 valence electrons. The molecule has 2 heterocycles. The van der Waals surface area contributed by atoms with Gasteiger partial charge in [0.05, 0.1) is 17.9 Å². The number of hydrogen-bond donors (Lipinski definition) is 1. The molecule has 1 N–H and O–H groups in total. The molecule has 7 nitrogen and oxygen atoms in total. The van der Waals surface area contributed by atoms with Crippen molar-refractivity contribution in [2.24, 2.45) is 0 Å². The second-order valence-electron chi connectivity index (χ2n) is 9.32. The van der Waals surface area contributed by atoms with Crippen molar-refractivity contribution >= 4 is 28.5 Å². The van der Waals surface area contributed by atoms with Gasteiger partial charge in [0.2, 0.25) is 5.91 Å². The molecule has 3 aromatic carbocycles. The molecule has 1 aromatic heterocycles. The van der Waals surface area contributed by atoms with Crippen LogP contribution in [0.3, 0.4) is 0 Å². The Morgan fingerprint density at radius 2 is 1.61 bits per heavy atom. The van der Waals surface area contributed by atoms with Crippen LogP contribution < -0.4 is 5.32 Å². The van der Waals surface area contributed by atoms with Crippen LogP contribution in [0, 0.1) is 0 Å². The van der Waals surface area contributed by atoms with Gasteiger partial charge in [-0.1, -0.05) is 42.5 Å². The van der Waals surface area contributed by atoms with Gasteiger partial charge in [0.25, 0.3) is 11.8 Å². The molecule has 6 rings (SSSR count). The molecule has 0 atom stereocenters. The second kappa shape index (κ2) is 9.07. The van der Waals surface area contributed by atoms with E-state index in [2.05, 4.69) is 5.32 Å². The smallest absolute Gasteiger partial charge is 0.261 e. The number of carbonyl (C=O) groups is 3. The van der Waals surface area contributed by atoms with Gasteiger partial charge in [-0.3, -0.25) is 19.3 Å². The summed E-state index contributed by atoms with van der Waals surface area (Å²) < 4.78 is 2.00. The van der Waals surface area contributed by atoms with Crippen LogP contribution >= 0.6 is 0 Å². The Kier molecular flexibility index (Phi) is 5.60. The lowest BCUT2D eigenvalue weighted by Crippen LogP contribution is -2.41. The average Bonchev–Trinajstić information content (AvgIpc) is 3.52. The predicted molar refractivity (Wildman–Crippen MR) is 136 cm³/mol. The minimum absolute atomic E-state index is 0.115. The maximum atomic E-state index is 13.0. The van der Waals surface area contributed by atoms with E-state index in [1.54, 1.807) is 12.1 Å². The van der Waals surface area contributed by atoms with Gasteiger partial charge in [0.15, 0.2) is 0 Å². The lowest BCUT2D eigenvalue weighted by molar-refractivity contribution is -0.121. The Bertz CT molecular complexity index is 1460. The summed E-state index contributed by atoms with van der Waals surface area (Å²) in [6, 6.07) is 21.0. The number of fused-ring (bicyclic) bond motifs is 1. The highest BCUT2D eigenvalue weighted by Crippen LogP contribution is 2.30. The molecule has 0 spiro atoms. The number of aromatic nitrogens is 2. The van der Waals surface area contributed by atoms with Gasteiger partial charge < -0.3 is 5.32 Å². The maximum absolute atomic E-state index is 13.0. The Hall–Kier alpha value is -4.26. The molecule has 0 saturated carbocycles. The predicted octanol–water partition coefficient (Wildman–Crippen LogP) is 4.21. The fraction of sp³-hybridized carbons (Fsp3) is 0.241. The number of carbonyl (C=O) groups excluding carboxylic acids is 3. The first kappa shape index (κ1) is 22.2. The van der Waals surface area contributed by atoms with Crippen LogP contribution in [0.2, 0.25) is 0 Å². The van der Waals surface area contributed by atoms with Crippen molar-refractivity contribution < 1.29 is 14.4 Å². The number of imide groups is 1. The molecule has 4 aromatic rings. The summed E-state index contributed by atoms with van der Waals surface area (Å²) in [5.74, 6) is -0.714. The van der Waals surface area contributed by atoms with E-state index >= 15 is 0 Å². The van der Waals surface area contributed by atoms with Gasteiger partial charge in [-0.25, -0.2) is 4.68 Å². The van der Waals surface area contributed by atoms with E-state index in [4.69, 9.17) is 5.10 Å². The normalized spacial score (nSPS) is 14.4. The summed E-state index contributed by atoms with van der Waals surface area (Å²) >= 11 is 0. The molecule has 2 aliphatic rings. The third kappa shape index (κ3) is 3.77. The number of rotatable bonds is 7. The largest absolute Gasteiger partial charge is 0.350 e. The number of benzene rings is 3. The summed E-state index contributed by atoms with van der Waals surface area (Å²) in [7, 11) is 0. The summed E-state index contributed by atoms with van der Waals surface area (Å²) in [5, 5.41) is 9.37. The van der Waals surface area contributed by atoms with Crippen LogP contribution in [0.5, 0.6) is 0 Å². The molecule has 0 radical (unpaired) electrons. The van der Waals surface area contributed by atoms with E-state index in [0.29, 0.717) is 29.5 Å². The summed E-state index contributed by atoms with van der Waals surface area (Å²) in [6.07, 6.45) is 3.68. The van der Waals surface area contributed by atoms with E-state index < -0.39 is 0 Å². The molecule has 1 aliphatic carbocycles. The van der Waals surface area contributed by atoms with Crippen molar-refractivity contribution in [3.05, 3.63) is 94.8 Å². The summed E-state index contributed by atoms with van der Waals surface area (Å²) in [6.45, 7) is 0.575. The van der Waals surface area contributed by atoms with Crippen LogP contribution in [0.1, 0.15) is 56.9 Å². The first-order chi connectivity index (χ1) is 17.6. The van der Waals surface area contributed by atoms with Crippen LogP contribution in [-0.2, 0) is 24.2 Å². The van der Waals surface area contributed by atoms with Crippen molar-refractivity contribution in [3.8, 4) is 5.69 Å². The molecule has 0 saturated heterocycles. The highest BCUT2D eigenvalue weighted by Gasteiger charge is 2.32. The number of para-hydroxylation sites is 1.